The first-order chi connectivity index (χ1) is 13.8. The Labute approximate surface area is 167 Å². The predicted octanol–water partition coefficient (Wildman–Crippen LogP) is 4.51. The molecule has 0 bridgehead atoms. The zero-order chi connectivity index (χ0) is 20.9. The number of hydrogen-bond acceptors (Lipinski definition) is 5. The summed E-state index contributed by atoms with van der Waals surface area (Å²) in [5.41, 5.74) is -0.721. The number of carbonyl (C=O) groups is 1. The number of hydrogen-bond donors (Lipinski definition) is 0. The Bertz CT molecular complexity index is 806. The predicted molar refractivity (Wildman–Crippen MR) is 100 cm³/mol. The highest BCUT2D eigenvalue weighted by Gasteiger charge is 2.30. The maximum absolute atomic E-state index is 12.6. The van der Waals surface area contributed by atoms with Crippen LogP contribution in [0, 0.1) is 0 Å². The van der Waals surface area contributed by atoms with E-state index >= 15 is 0 Å². The molecule has 0 radical (unpaired) electrons. The average Bonchev–Trinajstić information content (AvgIpc) is 3.14. The number of benzene rings is 2. The smallest absolute Gasteiger partial charge is 0.416 e. The number of rotatable bonds is 7. The largest absolute Gasteiger partial charge is 0.492 e. The van der Waals surface area contributed by atoms with Crippen LogP contribution in [-0.4, -0.2) is 43.7 Å². The van der Waals surface area contributed by atoms with Crippen LogP contribution in [0.3, 0.4) is 0 Å². The van der Waals surface area contributed by atoms with Crippen molar-refractivity contribution < 1.29 is 32.2 Å². The van der Waals surface area contributed by atoms with Crippen LogP contribution in [0.2, 0.25) is 0 Å². The third-order valence-corrected chi connectivity index (χ3v) is 4.74. The van der Waals surface area contributed by atoms with Gasteiger partial charge in [0.05, 0.1) is 19.2 Å². The van der Waals surface area contributed by atoms with Crippen molar-refractivity contribution in [1.82, 2.24) is 4.90 Å². The molecular formula is C21H22F3NO4. The van der Waals surface area contributed by atoms with E-state index in [0.29, 0.717) is 23.9 Å². The summed E-state index contributed by atoms with van der Waals surface area (Å²) in [6.07, 6.45) is -2.42. The molecule has 0 spiro atoms. The lowest BCUT2D eigenvalue weighted by Crippen LogP contribution is -2.38. The fraction of sp³-hybridized carbons (Fsp3) is 0.381. The molecule has 3 rings (SSSR count). The summed E-state index contributed by atoms with van der Waals surface area (Å²) in [6, 6.07) is 11.5. The minimum atomic E-state index is -4.37. The molecule has 0 unspecified atom stereocenters. The van der Waals surface area contributed by atoms with Crippen LogP contribution in [0.25, 0.3) is 0 Å². The van der Waals surface area contributed by atoms with Crippen LogP contribution in [0.15, 0.2) is 48.5 Å². The van der Waals surface area contributed by atoms with Crippen LogP contribution < -0.4 is 9.47 Å². The third-order valence-electron chi connectivity index (χ3n) is 4.74. The third kappa shape index (κ3) is 5.87. The second kappa shape index (κ2) is 9.17. The lowest BCUT2D eigenvalue weighted by atomic mass is 10.2. The molecule has 5 nitrogen and oxygen atoms in total. The van der Waals surface area contributed by atoms with Gasteiger partial charge in [0.25, 0.3) is 0 Å². The highest BCUT2D eigenvalue weighted by atomic mass is 19.4. The summed E-state index contributed by atoms with van der Waals surface area (Å²) in [4.78, 5) is 13.5. The van der Waals surface area contributed by atoms with E-state index in [1.807, 2.05) is 4.90 Å². The highest BCUT2D eigenvalue weighted by molar-refractivity contribution is 5.71. The SMILES string of the molecule is COC(=O)CN1CCC[C@@H]1COc1ccc(Oc2ccc(C(F)(F)F)cc2)cc1. The number of alkyl halides is 3. The van der Waals surface area contributed by atoms with E-state index in [9.17, 15) is 18.0 Å². The Morgan fingerprint density at radius 2 is 1.62 bits per heavy atom. The van der Waals surface area contributed by atoms with Gasteiger partial charge in [0, 0.05) is 6.04 Å². The fourth-order valence-corrected chi connectivity index (χ4v) is 3.17. The van der Waals surface area contributed by atoms with Crippen molar-refractivity contribution in [2.45, 2.75) is 25.1 Å². The molecule has 156 valence electrons. The first-order valence-electron chi connectivity index (χ1n) is 9.24. The summed E-state index contributed by atoms with van der Waals surface area (Å²) < 4.78 is 53.9. The van der Waals surface area contributed by atoms with Gasteiger partial charge in [0.15, 0.2) is 0 Å². The van der Waals surface area contributed by atoms with Crippen molar-refractivity contribution in [3.8, 4) is 17.2 Å². The summed E-state index contributed by atoms with van der Waals surface area (Å²) in [7, 11) is 1.37. The molecule has 1 saturated heterocycles. The topological polar surface area (TPSA) is 48.0 Å². The molecule has 1 aliphatic rings. The van der Waals surface area contributed by atoms with E-state index in [4.69, 9.17) is 14.2 Å². The first kappa shape index (κ1) is 21.0. The summed E-state index contributed by atoms with van der Waals surface area (Å²) in [5.74, 6) is 1.19. The van der Waals surface area contributed by atoms with Crippen molar-refractivity contribution in [3.63, 3.8) is 0 Å². The zero-order valence-corrected chi connectivity index (χ0v) is 15.9. The van der Waals surface area contributed by atoms with Gasteiger partial charge in [-0.1, -0.05) is 0 Å². The van der Waals surface area contributed by atoms with Crippen LogP contribution >= 0.6 is 0 Å². The van der Waals surface area contributed by atoms with Gasteiger partial charge in [-0.05, 0) is 67.9 Å². The second-order valence-corrected chi connectivity index (χ2v) is 6.75. The number of carbonyl (C=O) groups excluding carboxylic acids is 1. The van der Waals surface area contributed by atoms with Crippen molar-refractivity contribution in [3.05, 3.63) is 54.1 Å². The van der Waals surface area contributed by atoms with Gasteiger partial charge in [-0.3, -0.25) is 9.69 Å². The van der Waals surface area contributed by atoms with E-state index < -0.39 is 11.7 Å². The Balaban J connectivity index is 1.52. The first-order valence-corrected chi connectivity index (χ1v) is 9.24. The molecule has 0 amide bonds. The van der Waals surface area contributed by atoms with Crippen LogP contribution in [0.4, 0.5) is 13.2 Å². The molecule has 0 saturated carbocycles. The van der Waals surface area contributed by atoms with E-state index in [0.717, 1.165) is 31.5 Å². The fourth-order valence-electron chi connectivity index (χ4n) is 3.17. The van der Waals surface area contributed by atoms with Gasteiger partial charge < -0.3 is 14.2 Å². The highest BCUT2D eigenvalue weighted by Crippen LogP contribution is 2.31. The van der Waals surface area contributed by atoms with Gasteiger partial charge in [0.1, 0.15) is 23.9 Å². The van der Waals surface area contributed by atoms with Crippen molar-refractivity contribution in [1.29, 1.82) is 0 Å². The number of halogens is 3. The van der Waals surface area contributed by atoms with Gasteiger partial charge in [0.2, 0.25) is 0 Å². The quantitative estimate of drug-likeness (QED) is 0.630. The number of methoxy groups -OCH3 is 1. The molecule has 0 aromatic heterocycles. The lowest BCUT2D eigenvalue weighted by molar-refractivity contribution is -0.142. The van der Waals surface area contributed by atoms with Crippen molar-refractivity contribution in [2.75, 3.05) is 26.8 Å². The van der Waals surface area contributed by atoms with Crippen LogP contribution in [0.1, 0.15) is 18.4 Å². The monoisotopic (exact) mass is 409 g/mol. The molecule has 2 aromatic carbocycles. The normalized spacial score (nSPS) is 17.2. The average molecular weight is 409 g/mol. The molecule has 0 aliphatic carbocycles. The molecule has 1 atom stereocenters. The minimum absolute atomic E-state index is 0.150. The molecule has 29 heavy (non-hydrogen) atoms. The van der Waals surface area contributed by atoms with Crippen LogP contribution in [0.5, 0.6) is 17.2 Å². The van der Waals surface area contributed by atoms with Gasteiger partial charge in [-0.2, -0.15) is 13.2 Å². The summed E-state index contributed by atoms with van der Waals surface area (Å²) in [5, 5.41) is 0. The molecule has 1 heterocycles. The Morgan fingerprint density at radius 3 is 2.21 bits per heavy atom. The standard InChI is InChI=1S/C21H22F3NO4/c1-27-20(26)13-25-12-2-3-16(25)14-28-17-8-10-19(11-9-17)29-18-6-4-15(5-7-18)21(22,23)24/h4-11,16H,2-3,12-14H2,1H3/t16-/m1/s1. The minimum Gasteiger partial charge on any atom is -0.492 e. The second-order valence-electron chi connectivity index (χ2n) is 6.75. The van der Waals surface area contributed by atoms with Gasteiger partial charge in [-0.25, -0.2) is 0 Å². The molecule has 2 aromatic rings. The van der Waals surface area contributed by atoms with Gasteiger partial charge in [-0.15, -0.1) is 0 Å². The molecule has 1 fully saturated rings. The van der Waals surface area contributed by atoms with Crippen molar-refractivity contribution in [2.24, 2.45) is 0 Å². The number of esters is 1. The Hall–Kier alpha value is -2.74. The van der Waals surface area contributed by atoms with E-state index in [-0.39, 0.29) is 18.6 Å². The molecule has 0 N–H and O–H groups in total. The maximum atomic E-state index is 12.6. The molecule has 1 aliphatic heterocycles. The molecular weight excluding hydrogens is 387 g/mol. The Kier molecular flexibility index (Phi) is 6.64. The number of ether oxygens (including phenoxy) is 3. The van der Waals surface area contributed by atoms with E-state index in [1.165, 1.54) is 19.2 Å². The van der Waals surface area contributed by atoms with Crippen molar-refractivity contribution >= 4 is 5.97 Å². The lowest BCUT2D eigenvalue weighted by Gasteiger charge is -2.23. The maximum Gasteiger partial charge on any atom is 0.416 e. The summed E-state index contributed by atoms with van der Waals surface area (Å²) in [6.45, 7) is 1.55. The zero-order valence-electron chi connectivity index (χ0n) is 15.9. The van der Waals surface area contributed by atoms with E-state index in [1.54, 1.807) is 24.3 Å². The number of likely N-dealkylation sites (tertiary alicyclic amines) is 1. The number of nitrogens with zero attached hydrogens (tertiary/aromatic N) is 1. The van der Waals surface area contributed by atoms with E-state index in [2.05, 4.69) is 0 Å². The summed E-state index contributed by atoms with van der Waals surface area (Å²) >= 11 is 0. The van der Waals surface area contributed by atoms with Crippen LogP contribution in [-0.2, 0) is 15.7 Å². The Morgan fingerprint density at radius 1 is 1.03 bits per heavy atom. The molecule has 8 heteroatoms. The van der Waals surface area contributed by atoms with Gasteiger partial charge >= 0.3 is 12.1 Å².